The van der Waals surface area contributed by atoms with Crippen molar-refractivity contribution in [2.75, 3.05) is 6.54 Å². The summed E-state index contributed by atoms with van der Waals surface area (Å²) in [6, 6.07) is 3.93. The van der Waals surface area contributed by atoms with Crippen LogP contribution in [0, 0.1) is 5.92 Å². The molecule has 0 bridgehead atoms. The van der Waals surface area contributed by atoms with Gasteiger partial charge in [0.2, 0.25) is 0 Å². The molecule has 0 amide bonds. The Bertz CT molecular complexity index is 249. The Balaban J connectivity index is 2.22. The topological polar surface area (TPSA) is 45.1 Å². The summed E-state index contributed by atoms with van der Waals surface area (Å²) >= 11 is 0. The summed E-state index contributed by atoms with van der Waals surface area (Å²) in [5.41, 5.74) is 1.19. The van der Waals surface area contributed by atoms with Gasteiger partial charge in [0.05, 0.1) is 6.10 Å². The van der Waals surface area contributed by atoms with Gasteiger partial charge >= 0.3 is 0 Å². The van der Waals surface area contributed by atoms with Gasteiger partial charge in [-0.25, -0.2) is 0 Å². The molecule has 1 rings (SSSR count). The first kappa shape index (κ1) is 11.1. The minimum absolute atomic E-state index is 0.267. The highest BCUT2D eigenvalue weighted by Gasteiger charge is 2.07. The Morgan fingerprint density at radius 1 is 1.36 bits per heavy atom. The number of aromatic nitrogens is 1. The fourth-order valence-electron chi connectivity index (χ4n) is 1.10. The first-order valence-electron chi connectivity index (χ1n) is 4.98. The SMILES string of the molecule is CC(C)C(O)CNCc1ccncc1. The van der Waals surface area contributed by atoms with Crippen molar-refractivity contribution in [3.8, 4) is 0 Å². The van der Waals surface area contributed by atoms with Gasteiger partial charge in [0.25, 0.3) is 0 Å². The average molecular weight is 194 g/mol. The molecule has 0 fully saturated rings. The molecule has 0 saturated carbocycles. The van der Waals surface area contributed by atoms with Crippen molar-refractivity contribution in [2.45, 2.75) is 26.5 Å². The van der Waals surface area contributed by atoms with Crippen LogP contribution in [0.1, 0.15) is 19.4 Å². The number of aliphatic hydroxyl groups excluding tert-OH is 1. The van der Waals surface area contributed by atoms with E-state index in [-0.39, 0.29) is 6.10 Å². The smallest absolute Gasteiger partial charge is 0.0687 e. The highest BCUT2D eigenvalue weighted by Crippen LogP contribution is 2.00. The van der Waals surface area contributed by atoms with Gasteiger partial charge in [0.15, 0.2) is 0 Å². The van der Waals surface area contributed by atoms with Crippen molar-refractivity contribution in [1.82, 2.24) is 10.3 Å². The number of rotatable bonds is 5. The number of nitrogens with zero attached hydrogens (tertiary/aromatic N) is 1. The van der Waals surface area contributed by atoms with Gasteiger partial charge in [0.1, 0.15) is 0 Å². The van der Waals surface area contributed by atoms with Crippen LogP contribution in [0.5, 0.6) is 0 Å². The molecular weight excluding hydrogens is 176 g/mol. The number of nitrogens with one attached hydrogen (secondary N) is 1. The molecule has 78 valence electrons. The van der Waals surface area contributed by atoms with E-state index in [4.69, 9.17) is 0 Å². The monoisotopic (exact) mass is 194 g/mol. The molecule has 1 aromatic rings. The van der Waals surface area contributed by atoms with Gasteiger partial charge in [-0.2, -0.15) is 0 Å². The molecule has 14 heavy (non-hydrogen) atoms. The maximum atomic E-state index is 9.53. The van der Waals surface area contributed by atoms with Crippen LogP contribution in [0.3, 0.4) is 0 Å². The molecule has 0 aliphatic heterocycles. The van der Waals surface area contributed by atoms with E-state index in [1.807, 2.05) is 26.0 Å². The molecule has 2 N–H and O–H groups in total. The minimum atomic E-state index is -0.267. The number of hydrogen-bond acceptors (Lipinski definition) is 3. The van der Waals surface area contributed by atoms with Crippen LogP contribution in [-0.2, 0) is 6.54 Å². The summed E-state index contributed by atoms with van der Waals surface area (Å²) in [4.78, 5) is 3.94. The average Bonchev–Trinajstić information content (AvgIpc) is 2.19. The Kier molecular flexibility index (Phi) is 4.56. The van der Waals surface area contributed by atoms with Gasteiger partial charge in [-0.05, 0) is 23.6 Å². The van der Waals surface area contributed by atoms with Crippen molar-refractivity contribution in [3.05, 3.63) is 30.1 Å². The molecule has 3 nitrogen and oxygen atoms in total. The van der Waals surface area contributed by atoms with Gasteiger partial charge in [-0.15, -0.1) is 0 Å². The quantitative estimate of drug-likeness (QED) is 0.740. The molecule has 0 aliphatic rings. The second-order valence-corrected chi connectivity index (χ2v) is 3.80. The van der Waals surface area contributed by atoms with Gasteiger partial charge < -0.3 is 10.4 Å². The molecule has 1 aromatic heterocycles. The van der Waals surface area contributed by atoms with Crippen LogP contribution in [0.15, 0.2) is 24.5 Å². The van der Waals surface area contributed by atoms with Crippen molar-refractivity contribution in [2.24, 2.45) is 5.92 Å². The zero-order chi connectivity index (χ0) is 10.4. The van der Waals surface area contributed by atoms with Crippen LogP contribution in [0.25, 0.3) is 0 Å². The van der Waals surface area contributed by atoms with E-state index in [1.165, 1.54) is 5.56 Å². The third-order valence-corrected chi connectivity index (χ3v) is 2.20. The van der Waals surface area contributed by atoms with Crippen LogP contribution in [-0.4, -0.2) is 22.7 Å². The van der Waals surface area contributed by atoms with Gasteiger partial charge in [-0.3, -0.25) is 4.98 Å². The largest absolute Gasteiger partial charge is 0.392 e. The highest BCUT2D eigenvalue weighted by atomic mass is 16.3. The second-order valence-electron chi connectivity index (χ2n) is 3.80. The summed E-state index contributed by atoms with van der Waals surface area (Å²) in [5, 5.41) is 12.7. The fourth-order valence-corrected chi connectivity index (χ4v) is 1.10. The lowest BCUT2D eigenvalue weighted by Gasteiger charge is -2.14. The summed E-state index contributed by atoms with van der Waals surface area (Å²) in [6.07, 6.45) is 3.28. The Morgan fingerprint density at radius 3 is 2.57 bits per heavy atom. The first-order chi connectivity index (χ1) is 6.70. The lowest BCUT2D eigenvalue weighted by atomic mass is 10.1. The zero-order valence-electron chi connectivity index (χ0n) is 8.77. The van der Waals surface area contributed by atoms with E-state index in [0.717, 1.165) is 6.54 Å². The molecule has 0 aliphatic carbocycles. The summed E-state index contributed by atoms with van der Waals surface area (Å²) in [5.74, 6) is 0.306. The Hall–Kier alpha value is -0.930. The number of hydrogen-bond donors (Lipinski definition) is 2. The predicted molar refractivity (Wildman–Crippen MR) is 56.8 cm³/mol. The second kappa shape index (κ2) is 5.73. The summed E-state index contributed by atoms with van der Waals surface area (Å²) in [7, 11) is 0. The molecule has 0 spiro atoms. The fraction of sp³-hybridized carbons (Fsp3) is 0.545. The van der Waals surface area contributed by atoms with E-state index in [9.17, 15) is 5.11 Å². The lowest BCUT2D eigenvalue weighted by Crippen LogP contribution is -2.30. The summed E-state index contributed by atoms with van der Waals surface area (Å²) < 4.78 is 0. The molecular formula is C11H18N2O. The third-order valence-electron chi connectivity index (χ3n) is 2.20. The lowest BCUT2D eigenvalue weighted by molar-refractivity contribution is 0.123. The maximum absolute atomic E-state index is 9.53. The van der Waals surface area contributed by atoms with E-state index >= 15 is 0 Å². The predicted octanol–water partition coefficient (Wildman–Crippen LogP) is 1.19. The molecule has 1 atom stereocenters. The van der Waals surface area contributed by atoms with Crippen molar-refractivity contribution >= 4 is 0 Å². The maximum Gasteiger partial charge on any atom is 0.0687 e. The van der Waals surface area contributed by atoms with Gasteiger partial charge in [0, 0.05) is 25.5 Å². The Labute approximate surface area is 85.2 Å². The van der Waals surface area contributed by atoms with Crippen LogP contribution in [0.4, 0.5) is 0 Å². The molecule has 0 radical (unpaired) electrons. The van der Waals surface area contributed by atoms with E-state index in [2.05, 4.69) is 10.3 Å². The normalized spacial score (nSPS) is 13.1. The van der Waals surface area contributed by atoms with Crippen molar-refractivity contribution < 1.29 is 5.11 Å². The third kappa shape index (κ3) is 3.85. The van der Waals surface area contributed by atoms with Crippen molar-refractivity contribution in [3.63, 3.8) is 0 Å². The van der Waals surface area contributed by atoms with Crippen LogP contribution in [0.2, 0.25) is 0 Å². The molecule has 1 unspecified atom stereocenters. The van der Waals surface area contributed by atoms with E-state index < -0.39 is 0 Å². The number of pyridine rings is 1. The van der Waals surface area contributed by atoms with E-state index in [0.29, 0.717) is 12.5 Å². The molecule has 3 heteroatoms. The first-order valence-corrected chi connectivity index (χ1v) is 4.98. The zero-order valence-corrected chi connectivity index (χ0v) is 8.77. The summed E-state index contributed by atoms with van der Waals surface area (Å²) in [6.45, 7) is 5.45. The molecule has 0 aromatic carbocycles. The van der Waals surface area contributed by atoms with Gasteiger partial charge in [-0.1, -0.05) is 13.8 Å². The highest BCUT2D eigenvalue weighted by molar-refractivity contribution is 5.08. The Morgan fingerprint density at radius 2 is 2.00 bits per heavy atom. The number of aliphatic hydroxyl groups is 1. The minimum Gasteiger partial charge on any atom is -0.392 e. The van der Waals surface area contributed by atoms with Crippen LogP contribution < -0.4 is 5.32 Å². The van der Waals surface area contributed by atoms with Crippen LogP contribution >= 0.6 is 0 Å². The molecule has 1 heterocycles. The van der Waals surface area contributed by atoms with Crippen molar-refractivity contribution in [1.29, 1.82) is 0 Å². The molecule has 0 saturated heterocycles. The standard InChI is InChI=1S/C11H18N2O/c1-9(2)11(14)8-13-7-10-3-5-12-6-4-10/h3-6,9,11,13-14H,7-8H2,1-2H3. The van der Waals surface area contributed by atoms with E-state index in [1.54, 1.807) is 12.4 Å².